The summed E-state index contributed by atoms with van der Waals surface area (Å²) in [6.45, 7) is 5.15. The molecule has 1 aromatic rings. The summed E-state index contributed by atoms with van der Waals surface area (Å²) in [5.74, 6) is 1.63. The third-order valence-corrected chi connectivity index (χ3v) is 2.62. The molecule has 0 N–H and O–H groups in total. The van der Waals surface area contributed by atoms with Crippen LogP contribution in [0.1, 0.15) is 19.8 Å². The second kappa shape index (κ2) is 7.96. The highest BCUT2D eigenvalue weighted by atomic mass is 16.5. The Balaban J connectivity index is 2.26. The molecule has 1 rings (SSSR count). The van der Waals surface area contributed by atoms with Crippen LogP contribution >= 0.6 is 0 Å². The van der Waals surface area contributed by atoms with Gasteiger partial charge in [-0.1, -0.05) is 19.1 Å². The van der Waals surface area contributed by atoms with E-state index in [1.807, 2.05) is 24.3 Å². The SMILES string of the molecule is CCCN(C)CCCOc1ccccc1OC. The second-order valence-electron chi connectivity index (χ2n) is 4.16. The number of ether oxygens (including phenoxy) is 2. The van der Waals surface area contributed by atoms with E-state index in [2.05, 4.69) is 18.9 Å². The van der Waals surface area contributed by atoms with Crippen molar-refractivity contribution in [2.45, 2.75) is 19.8 Å². The van der Waals surface area contributed by atoms with Crippen LogP contribution in [0.3, 0.4) is 0 Å². The summed E-state index contributed by atoms with van der Waals surface area (Å²) < 4.78 is 10.9. The molecule has 0 aliphatic rings. The monoisotopic (exact) mass is 237 g/mol. The molecule has 0 saturated carbocycles. The summed E-state index contributed by atoms with van der Waals surface area (Å²) >= 11 is 0. The molecule has 17 heavy (non-hydrogen) atoms. The molecule has 0 aliphatic carbocycles. The minimum atomic E-state index is 0.731. The lowest BCUT2D eigenvalue weighted by Gasteiger charge is -2.15. The molecule has 0 saturated heterocycles. The van der Waals surface area contributed by atoms with Gasteiger partial charge in [-0.3, -0.25) is 0 Å². The number of nitrogens with zero attached hydrogens (tertiary/aromatic N) is 1. The lowest BCUT2D eigenvalue weighted by molar-refractivity contribution is 0.254. The van der Waals surface area contributed by atoms with Gasteiger partial charge in [0.05, 0.1) is 13.7 Å². The maximum atomic E-state index is 5.70. The Kier molecular flexibility index (Phi) is 6.48. The number of hydrogen-bond donors (Lipinski definition) is 0. The van der Waals surface area contributed by atoms with Crippen molar-refractivity contribution in [2.24, 2.45) is 0 Å². The number of rotatable bonds is 8. The number of benzene rings is 1. The Morgan fingerprint density at radius 3 is 2.47 bits per heavy atom. The number of hydrogen-bond acceptors (Lipinski definition) is 3. The highest BCUT2D eigenvalue weighted by Crippen LogP contribution is 2.25. The average Bonchev–Trinajstić information content (AvgIpc) is 2.35. The topological polar surface area (TPSA) is 21.7 Å². The number of para-hydroxylation sites is 2. The standard InChI is InChI=1S/C14H23NO2/c1-4-10-15(2)11-7-12-17-14-9-6-5-8-13(14)16-3/h5-6,8-9H,4,7,10-12H2,1-3H3. The summed E-state index contributed by atoms with van der Waals surface area (Å²) in [6.07, 6.45) is 2.23. The first-order valence-electron chi connectivity index (χ1n) is 6.22. The van der Waals surface area contributed by atoms with Gasteiger partial charge in [0.25, 0.3) is 0 Å². The largest absolute Gasteiger partial charge is 0.493 e. The Labute approximate surface area is 104 Å². The molecule has 1 aromatic carbocycles. The molecule has 0 amide bonds. The van der Waals surface area contributed by atoms with E-state index in [9.17, 15) is 0 Å². The van der Waals surface area contributed by atoms with E-state index in [4.69, 9.17) is 9.47 Å². The van der Waals surface area contributed by atoms with Crippen LogP contribution in [0.25, 0.3) is 0 Å². The molecule has 96 valence electrons. The van der Waals surface area contributed by atoms with E-state index < -0.39 is 0 Å². The summed E-state index contributed by atoms with van der Waals surface area (Å²) in [5, 5.41) is 0. The van der Waals surface area contributed by atoms with Gasteiger partial charge in [-0.25, -0.2) is 0 Å². The van der Waals surface area contributed by atoms with Crippen LogP contribution in [-0.2, 0) is 0 Å². The van der Waals surface area contributed by atoms with E-state index in [1.165, 1.54) is 6.42 Å². The van der Waals surface area contributed by atoms with Crippen LogP contribution in [0, 0.1) is 0 Å². The van der Waals surface area contributed by atoms with Gasteiger partial charge < -0.3 is 14.4 Å². The van der Waals surface area contributed by atoms with Crippen LogP contribution in [0.15, 0.2) is 24.3 Å². The van der Waals surface area contributed by atoms with Gasteiger partial charge in [-0.05, 0) is 38.6 Å². The lowest BCUT2D eigenvalue weighted by atomic mass is 10.3. The quantitative estimate of drug-likeness (QED) is 0.649. The van der Waals surface area contributed by atoms with Crippen LogP contribution in [0.2, 0.25) is 0 Å². The Bertz CT molecular complexity index is 315. The van der Waals surface area contributed by atoms with E-state index in [0.29, 0.717) is 0 Å². The van der Waals surface area contributed by atoms with Crippen molar-refractivity contribution in [3.8, 4) is 11.5 Å². The summed E-state index contributed by atoms with van der Waals surface area (Å²) in [4.78, 5) is 2.32. The minimum Gasteiger partial charge on any atom is -0.493 e. The molecule has 0 fully saturated rings. The lowest BCUT2D eigenvalue weighted by Crippen LogP contribution is -2.21. The van der Waals surface area contributed by atoms with E-state index >= 15 is 0 Å². The van der Waals surface area contributed by atoms with Crippen LogP contribution < -0.4 is 9.47 Å². The fourth-order valence-corrected chi connectivity index (χ4v) is 1.75. The van der Waals surface area contributed by atoms with E-state index in [0.717, 1.165) is 37.6 Å². The molecule has 0 aliphatic heterocycles. The van der Waals surface area contributed by atoms with Crippen molar-refractivity contribution in [3.63, 3.8) is 0 Å². The predicted octanol–water partition coefficient (Wildman–Crippen LogP) is 2.81. The van der Waals surface area contributed by atoms with Crippen LogP contribution in [0.4, 0.5) is 0 Å². The van der Waals surface area contributed by atoms with Crippen molar-refractivity contribution in [2.75, 3.05) is 33.9 Å². The van der Waals surface area contributed by atoms with Gasteiger partial charge in [-0.2, -0.15) is 0 Å². The Hall–Kier alpha value is -1.22. The fraction of sp³-hybridized carbons (Fsp3) is 0.571. The molecule has 0 heterocycles. The van der Waals surface area contributed by atoms with Gasteiger partial charge in [0.2, 0.25) is 0 Å². The molecule has 0 spiro atoms. The van der Waals surface area contributed by atoms with Crippen molar-refractivity contribution < 1.29 is 9.47 Å². The molecule has 0 radical (unpaired) electrons. The molecule has 0 atom stereocenters. The van der Waals surface area contributed by atoms with Gasteiger partial charge in [0.15, 0.2) is 11.5 Å². The molecule has 0 aromatic heterocycles. The van der Waals surface area contributed by atoms with Gasteiger partial charge in [0, 0.05) is 6.54 Å². The summed E-state index contributed by atoms with van der Waals surface area (Å²) in [5.41, 5.74) is 0. The second-order valence-corrected chi connectivity index (χ2v) is 4.16. The predicted molar refractivity (Wildman–Crippen MR) is 70.9 cm³/mol. The molecule has 0 bridgehead atoms. The van der Waals surface area contributed by atoms with Gasteiger partial charge in [0.1, 0.15) is 0 Å². The van der Waals surface area contributed by atoms with Crippen LogP contribution in [0.5, 0.6) is 11.5 Å². The van der Waals surface area contributed by atoms with Crippen molar-refractivity contribution in [1.29, 1.82) is 0 Å². The first kappa shape index (κ1) is 13.8. The first-order chi connectivity index (χ1) is 8.27. The third kappa shape index (κ3) is 5.09. The number of methoxy groups -OCH3 is 1. The van der Waals surface area contributed by atoms with Crippen molar-refractivity contribution in [1.82, 2.24) is 4.90 Å². The minimum absolute atomic E-state index is 0.731. The van der Waals surface area contributed by atoms with Crippen LogP contribution in [-0.4, -0.2) is 38.8 Å². The van der Waals surface area contributed by atoms with Crippen molar-refractivity contribution in [3.05, 3.63) is 24.3 Å². The zero-order valence-corrected chi connectivity index (χ0v) is 11.1. The zero-order chi connectivity index (χ0) is 12.5. The zero-order valence-electron chi connectivity index (χ0n) is 11.1. The highest BCUT2D eigenvalue weighted by molar-refractivity contribution is 5.39. The highest BCUT2D eigenvalue weighted by Gasteiger charge is 2.02. The van der Waals surface area contributed by atoms with Crippen molar-refractivity contribution >= 4 is 0 Å². The molecule has 3 nitrogen and oxygen atoms in total. The normalized spacial score (nSPS) is 10.6. The summed E-state index contributed by atoms with van der Waals surface area (Å²) in [7, 11) is 3.81. The Morgan fingerprint density at radius 1 is 1.12 bits per heavy atom. The molecular formula is C14H23NO2. The summed E-state index contributed by atoms with van der Waals surface area (Å²) in [6, 6.07) is 7.76. The fourth-order valence-electron chi connectivity index (χ4n) is 1.75. The molecular weight excluding hydrogens is 214 g/mol. The maximum Gasteiger partial charge on any atom is 0.161 e. The first-order valence-corrected chi connectivity index (χ1v) is 6.22. The maximum absolute atomic E-state index is 5.70. The van der Waals surface area contributed by atoms with Gasteiger partial charge >= 0.3 is 0 Å². The third-order valence-electron chi connectivity index (χ3n) is 2.62. The average molecular weight is 237 g/mol. The molecule has 3 heteroatoms. The van der Waals surface area contributed by atoms with E-state index in [1.54, 1.807) is 7.11 Å². The Morgan fingerprint density at radius 2 is 1.82 bits per heavy atom. The van der Waals surface area contributed by atoms with Gasteiger partial charge in [-0.15, -0.1) is 0 Å². The molecule has 0 unspecified atom stereocenters. The van der Waals surface area contributed by atoms with E-state index in [-0.39, 0.29) is 0 Å². The smallest absolute Gasteiger partial charge is 0.161 e.